The molecule has 12 nitrogen and oxygen atoms in total. The maximum atomic E-state index is 12.0. The van der Waals surface area contributed by atoms with Crippen LogP contribution in [0.5, 0.6) is 0 Å². The molecule has 0 spiro atoms. The zero-order chi connectivity index (χ0) is 19.1. The lowest BCUT2D eigenvalue weighted by atomic mass is 10.1. The molecule has 1 aromatic heterocycles. The van der Waals surface area contributed by atoms with Gasteiger partial charge in [0.25, 0.3) is 5.69 Å². The number of carbonyl (C=O) groups excluding carboxylic acids is 1. The van der Waals surface area contributed by atoms with E-state index >= 15 is 0 Å². The van der Waals surface area contributed by atoms with Crippen molar-refractivity contribution < 1.29 is 29.6 Å². The van der Waals surface area contributed by atoms with E-state index < -0.39 is 45.6 Å². The molecule has 0 saturated heterocycles. The highest BCUT2D eigenvalue weighted by Crippen LogP contribution is 2.29. The first-order valence-corrected chi connectivity index (χ1v) is 6.84. The summed E-state index contributed by atoms with van der Waals surface area (Å²) in [5, 5.41) is 42.8. The van der Waals surface area contributed by atoms with Gasteiger partial charge in [-0.2, -0.15) is 0 Å². The van der Waals surface area contributed by atoms with E-state index in [1.807, 2.05) is 0 Å². The molecule has 1 aromatic rings. The lowest BCUT2D eigenvalue weighted by Gasteiger charge is -2.14. The first-order valence-electron chi connectivity index (χ1n) is 6.84. The van der Waals surface area contributed by atoms with Gasteiger partial charge in [0.05, 0.1) is 35.7 Å². The molecule has 3 N–H and O–H groups in total. The molecule has 0 aromatic carbocycles. The highest BCUT2D eigenvalue weighted by molar-refractivity contribution is 6.17. The fourth-order valence-electron chi connectivity index (χ4n) is 1.83. The number of nitro groups is 2. The number of carbonyl (C=O) groups is 1. The van der Waals surface area contributed by atoms with Crippen molar-refractivity contribution in [1.82, 2.24) is 10.3 Å². The Balaban J connectivity index is 3.48. The maximum absolute atomic E-state index is 12.0. The number of allylic oxidation sites excluding steroid dienone is 1. The van der Waals surface area contributed by atoms with Gasteiger partial charge in [0.2, 0.25) is 0 Å². The van der Waals surface area contributed by atoms with Crippen LogP contribution in [0.3, 0.4) is 0 Å². The molecular formula is C13H16N4O8. The van der Waals surface area contributed by atoms with Crippen LogP contribution in [-0.2, 0) is 9.53 Å². The van der Waals surface area contributed by atoms with Crippen molar-refractivity contribution in [2.45, 2.75) is 13.0 Å². The molecule has 0 aliphatic carbocycles. The first-order chi connectivity index (χ1) is 11.7. The van der Waals surface area contributed by atoms with Crippen LogP contribution in [0.15, 0.2) is 18.0 Å². The topological polar surface area (TPSA) is 178 Å². The maximum Gasteiger partial charge on any atom is 0.342 e. The summed E-state index contributed by atoms with van der Waals surface area (Å²) in [5.41, 5.74) is -2.04. The van der Waals surface area contributed by atoms with Crippen LogP contribution in [0, 0.1) is 20.2 Å². The summed E-state index contributed by atoms with van der Waals surface area (Å²) < 4.78 is 4.59. The summed E-state index contributed by atoms with van der Waals surface area (Å²) >= 11 is 0. The van der Waals surface area contributed by atoms with Gasteiger partial charge in [-0.15, -0.1) is 0 Å². The average molecular weight is 356 g/mol. The molecule has 0 amide bonds. The summed E-state index contributed by atoms with van der Waals surface area (Å²) in [5.74, 6) is -0.965. The predicted molar refractivity (Wildman–Crippen MR) is 83.3 cm³/mol. The number of hydrogen-bond donors (Lipinski definition) is 3. The van der Waals surface area contributed by atoms with Crippen molar-refractivity contribution in [3.8, 4) is 0 Å². The van der Waals surface area contributed by atoms with Crippen LogP contribution in [-0.4, -0.2) is 57.4 Å². The van der Waals surface area contributed by atoms with Gasteiger partial charge in [-0.1, -0.05) is 0 Å². The molecule has 0 fully saturated rings. The number of aromatic nitrogens is 1. The van der Waals surface area contributed by atoms with Crippen molar-refractivity contribution in [1.29, 1.82) is 0 Å². The van der Waals surface area contributed by atoms with E-state index in [1.54, 1.807) is 0 Å². The van der Waals surface area contributed by atoms with Crippen molar-refractivity contribution in [3.05, 3.63) is 43.9 Å². The van der Waals surface area contributed by atoms with E-state index in [-0.39, 0.29) is 17.8 Å². The molecule has 136 valence electrons. The number of aliphatic hydroxyl groups is 2. The molecule has 0 radical (unpaired) electrons. The minimum absolute atomic E-state index is 0.0730. The molecule has 0 saturated carbocycles. The molecule has 1 rings (SSSR count). The fourth-order valence-corrected chi connectivity index (χ4v) is 1.83. The second kappa shape index (κ2) is 8.65. The minimum Gasteiger partial charge on any atom is -0.465 e. The highest BCUT2D eigenvalue weighted by atomic mass is 16.6. The molecule has 12 heteroatoms. The average Bonchev–Trinajstić information content (AvgIpc) is 2.59. The van der Waals surface area contributed by atoms with Crippen LogP contribution in [0.2, 0.25) is 0 Å². The third kappa shape index (κ3) is 4.92. The summed E-state index contributed by atoms with van der Waals surface area (Å²) in [6, 6.07) is 0.682. The van der Waals surface area contributed by atoms with Crippen molar-refractivity contribution in [3.63, 3.8) is 0 Å². The zero-order valence-corrected chi connectivity index (χ0v) is 13.3. The quantitative estimate of drug-likeness (QED) is 0.243. The Hall–Kier alpha value is -3.12. The van der Waals surface area contributed by atoms with Gasteiger partial charge in [-0.25, -0.2) is 9.78 Å². The van der Waals surface area contributed by atoms with Gasteiger partial charge in [0.15, 0.2) is 5.69 Å². The Morgan fingerprint density at radius 2 is 2.04 bits per heavy atom. The number of pyridine rings is 1. The number of nitrogens with zero attached hydrogens (tertiary/aromatic N) is 3. The van der Waals surface area contributed by atoms with Crippen molar-refractivity contribution in [2.24, 2.45) is 0 Å². The van der Waals surface area contributed by atoms with Gasteiger partial charge in [-0.3, -0.25) is 20.2 Å². The predicted octanol–water partition coefficient (Wildman–Crippen LogP) is -0.255. The smallest absolute Gasteiger partial charge is 0.342 e. The summed E-state index contributed by atoms with van der Waals surface area (Å²) in [7, 11) is 1.05. The first kappa shape index (κ1) is 19.9. The molecule has 0 bridgehead atoms. The van der Waals surface area contributed by atoms with Gasteiger partial charge in [0.1, 0.15) is 11.8 Å². The normalized spacial score (nSPS) is 12.8. The van der Waals surface area contributed by atoms with Crippen LogP contribution in [0.4, 0.5) is 11.4 Å². The van der Waals surface area contributed by atoms with Crippen LogP contribution in [0.25, 0.3) is 5.57 Å². The summed E-state index contributed by atoms with van der Waals surface area (Å²) in [6.45, 7) is 0.691. The Labute approximate surface area is 141 Å². The second-order valence-electron chi connectivity index (χ2n) is 4.78. The largest absolute Gasteiger partial charge is 0.465 e. The Morgan fingerprint density at radius 1 is 1.40 bits per heavy atom. The Kier molecular flexibility index (Phi) is 6.90. The molecule has 1 atom stereocenters. The van der Waals surface area contributed by atoms with Gasteiger partial charge in [0, 0.05) is 12.2 Å². The number of methoxy groups -OCH3 is 1. The van der Waals surface area contributed by atoms with Gasteiger partial charge in [-0.05, 0) is 6.92 Å². The molecule has 0 aliphatic heterocycles. The molecule has 1 unspecified atom stereocenters. The van der Waals surface area contributed by atoms with Crippen LogP contribution in [0.1, 0.15) is 12.6 Å². The van der Waals surface area contributed by atoms with Gasteiger partial charge >= 0.3 is 11.7 Å². The third-order valence-corrected chi connectivity index (χ3v) is 3.08. The SMILES string of the molecule is COC(=O)C(=C(C)NCC(O)CO)c1ncc([N+](=O)[O-])cc1[N+](=O)[O-]. The second-order valence-corrected chi connectivity index (χ2v) is 4.78. The summed E-state index contributed by atoms with van der Waals surface area (Å²) in [6.07, 6.45) is -0.352. The number of rotatable bonds is 8. The molecule has 1 heterocycles. The number of ether oxygens (including phenoxy) is 1. The Morgan fingerprint density at radius 3 is 2.52 bits per heavy atom. The third-order valence-electron chi connectivity index (χ3n) is 3.08. The number of aliphatic hydroxyl groups excluding tert-OH is 2. The number of hydrogen-bond acceptors (Lipinski definition) is 10. The van der Waals surface area contributed by atoms with Crippen LogP contribution < -0.4 is 5.32 Å². The van der Waals surface area contributed by atoms with Crippen molar-refractivity contribution >= 4 is 22.9 Å². The zero-order valence-electron chi connectivity index (χ0n) is 13.3. The molecule has 25 heavy (non-hydrogen) atoms. The monoisotopic (exact) mass is 356 g/mol. The van der Waals surface area contributed by atoms with Crippen LogP contribution >= 0.6 is 0 Å². The van der Waals surface area contributed by atoms with Crippen molar-refractivity contribution in [2.75, 3.05) is 20.3 Å². The van der Waals surface area contributed by atoms with E-state index in [2.05, 4.69) is 15.0 Å². The molecule has 0 aliphatic rings. The fraction of sp³-hybridized carbons (Fsp3) is 0.385. The highest BCUT2D eigenvalue weighted by Gasteiger charge is 2.29. The lowest BCUT2D eigenvalue weighted by Crippen LogP contribution is -2.29. The van der Waals surface area contributed by atoms with E-state index in [0.717, 1.165) is 13.3 Å². The van der Waals surface area contributed by atoms with E-state index in [4.69, 9.17) is 5.11 Å². The number of esters is 1. The lowest BCUT2D eigenvalue weighted by molar-refractivity contribution is -0.394. The van der Waals surface area contributed by atoms with Gasteiger partial charge < -0.3 is 20.3 Å². The van der Waals surface area contributed by atoms with E-state index in [9.17, 15) is 30.1 Å². The Bertz CT molecular complexity index is 718. The number of nitrogens with one attached hydrogen (secondary N) is 1. The summed E-state index contributed by atoms with van der Waals surface area (Å²) in [4.78, 5) is 35.9. The van der Waals surface area contributed by atoms with E-state index in [1.165, 1.54) is 6.92 Å². The molecular weight excluding hydrogens is 340 g/mol. The standard InChI is InChI=1S/C13H16N4O8/c1-7(14-5-9(19)6-18)11(13(20)25-2)12-10(17(23)24)3-8(4-15-12)16(21)22/h3-4,9,14,18-19H,5-6H2,1-2H3. The van der Waals surface area contributed by atoms with E-state index in [0.29, 0.717) is 6.07 Å². The minimum atomic E-state index is -1.13.